The Bertz CT molecular complexity index is 374. The minimum atomic E-state index is 0.505. The third-order valence-corrected chi connectivity index (χ3v) is 4.39. The van der Waals surface area contributed by atoms with Gasteiger partial charge in [0.2, 0.25) is 0 Å². The third-order valence-electron chi connectivity index (χ3n) is 3.50. The van der Waals surface area contributed by atoms with Crippen molar-refractivity contribution < 1.29 is 0 Å². The molecule has 0 saturated heterocycles. The van der Waals surface area contributed by atoms with Crippen molar-refractivity contribution in [2.75, 3.05) is 6.54 Å². The van der Waals surface area contributed by atoms with Crippen molar-refractivity contribution in [3.05, 3.63) is 33.8 Å². The van der Waals surface area contributed by atoms with E-state index < -0.39 is 0 Å². The molecule has 19 heavy (non-hydrogen) atoms. The monoisotopic (exact) mass is 325 g/mol. The molecule has 0 aliphatic rings. The molecule has 0 bridgehead atoms. The topological polar surface area (TPSA) is 12.0 Å². The molecule has 0 aliphatic heterocycles. The summed E-state index contributed by atoms with van der Waals surface area (Å²) < 4.78 is 1.20. The average molecular weight is 326 g/mol. The lowest BCUT2D eigenvalue weighted by Gasteiger charge is -2.20. The highest BCUT2D eigenvalue weighted by Crippen LogP contribution is 2.25. The van der Waals surface area contributed by atoms with Crippen molar-refractivity contribution in [2.45, 2.75) is 59.4 Å². The molecule has 0 saturated carbocycles. The molecule has 1 aromatic carbocycles. The minimum absolute atomic E-state index is 0.505. The summed E-state index contributed by atoms with van der Waals surface area (Å²) >= 11 is 3.58. The summed E-state index contributed by atoms with van der Waals surface area (Å²) in [6, 6.07) is 7.24. The number of aryl methyl sites for hydroxylation is 1. The summed E-state index contributed by atoms with van der Waals surface area (Å²) in [7, 11) is 0. The normalized spacial score (nSPS) is 12.9. The van der Waals surface area contributed by atoms with E-state index in [2.05, 4.69) is 67.1 Å². The summed E-state index contributed by atoms with van der Waals surface area (Å²) in [5, 5.41) is 3.69. The quantitative estimate of drug-likeness (QED) is 0.653. The molecule has 1 rings (SSSR count). The second kappa shape index (κ2) is 8.76. The first-order chi connectivity index (χ1) is 9.04. The van der Waals surface area contributed by atoms with Crippen molar-refractivity contribution in [1.29, 1.82) is 0 Å². The van der Waals surface area contributed by atoms with Crippen molar-refractivity contribution in [3.8, 4) is 0 Å². The molecule has 1 atom stereocenters. The van der Waals surface area contributed by atoms with Gasteiger partial charge in [0.25, 0.3) is 0 Å². The fraction of sp³-hybridized carbons (Fsp3) is 0.647. The van der Waals surface area contributed by atoms with E-state index in [1.54, 1.807) is 0 Å². The van der Waals surface area contributed by atoms with Gasteiger partial charge in [-0.2, -0.15) is 0 Å². The Labute approximate surface area is 127 Å². The van der Waals surface area contributed by atoms with Gasteiger partial charge in [-0.1, -0.05) is 61.7 Å². The van der Waals surface area contributed by atoms with Crippen molar-refractivity contribution in [2.24, 2.45) is 5.92 Å². The average Bonchev–Trinajstić information content (AvgIpc) is 2.36. The van der Waals surface area contributed by atoms with Crippen LogP contribution in [0.4, 0.5) is 0 Å². The van der Waals surface area contributed by atoms with Gasteiger partial charge in [-0.15, -0.1) is 0 Å². The maximum Gasteiger partial charge on any atom is 0.0320 e. The standard InChI is InChI=1S/C17H28BrN/c1-5-11-19-17(8-6-7-13(2)3)15-9-10-16(18)14(4)12-15/h9-10,12-13,17,19H,5-8,11H2,1-4H3. The molecule has 0 spiro atoms. The van der Waals surface area contributed by atoms with E-state index in [-0.39, 0.29) is 0 Å². The molecule has 1 aromatic rings. The van der Waals surface area contributed by atoms with Crippen LogP contribution in [0.2, 0.25) is 0 Å². The number of hydrogen-bond acceptors (Lipinski definition) is 1. The van der Waals surface area contributed by atoms with Gasteiger partial charge in [0, 0.05) is 10.5 Å². The van der Waals surface area contributed by atoms with E-state index >= 15 is 0 Å². The number of halogens is 1. The van der Waals surface area contributed by atoms with Gasteiger partial charge in [-0.25, -0.2) is 0 Å². The molecule has 1 unspecified atom stereocenters. The SMILES string of the molecule is CCCNC(CCCC(C)C)c1ccc(Br)c(C)c1. The Kier molecular flexibility index (Phi) is 7.70. The Hall–Kier alpha value is -0.340. The Morgan fingerprint density at radius 1 is 1.21 bits per heavy atom. The molecule has 0 heterocycles. The van der Waals surface area contributed by atoms with E-state index in [1.807, 2.05) is 0 Å². The summed E-state index contributed by atoms with van der Waals surface area (Å²) in [6.45, 7) is 10.1. The van der Waals surface area contributed by atoms with Crippen molar-refractivity contribution >= 4 is 15.9 Å². The molecule has 0 aromatic heterocycles. The fourth-order valence-corrected chi connectivity index (χ4v) is 2.57. The van der Waals surface area contributed by atoms with Crippen molar-refractivity contribution in [1.82, 2.24) is 5.32 Å². The molecule has 0 amide bonds. The zero-order valence-corrected chi connectivity index (χ0v) is 14.4. The van der Waals surface area contributed by atoms with Crippen LogP contribution in [0.5, 0.6) is 0 Å². The zero-order valence-electron chi connectivity index (χ0n) is 12.8. The number of nitrogens with one attached hydrogen (secondary N) is 1. The lowest BCUT2D eigenvalue weighted by Crippen LogP contribution is -2.22. The highest BCUT2D eigenvalue weighted by molar-refractivity contribution is 9.10. The molecular formula is C17H28BrN. The van der Waals surface area contributed by atoms with Gasteiger partial charge in [0.1, 0.15) is 0 Å². The van der Waals surface area contributed by atoms with E-state index in [1.165, 1.54) is 41.3 Å². The molecule has 108 valence electrons. The fourth-order valence-electron chi connectivity index (χ4n) is 2.32. The van der Waals surface area contributed by atoms with Gasteiger partial charge in [0.15, 0.2) is 0 Å². The minimum Gasteiger partial charge on any atom is -0.310 e. The lowest BCUT2D eigenvalue weighted by atomic mass is 9.97. The summed E-state index contributed by atoms with van der Waals surface area (Å²) in [6.07, 6.45) is 5.05. The van der Waals surface area contributed by atoms with Crippen LogP contribution in [0.25, 0.3) is 0 Å². The van der Waals surface area contributed by atoms with Gasteiger partial charge >= 0.3 is 0 Å². The first-order valence-electron chi connectivity index (χ1n) is 7.54. The van der Waals surface area contributed by atoms with E-state index in [9.17, 15) is 0 Å². The highest BCUT2D eigenvalue weighted by atomic mass is 79.9. The lowest BCUT2D eigenvalue weighted by molar-refractivity contribution is 0.447. The maximum absolute atomic E-state index is 3.69. The van der Waals surface area contributed by atoms with Crippen LogP contribution < -0.4 is 5.32 Å². The first kappa shape index (κ1) is 16.7. The van der Waals surface area contributed by atoms with Crippen LogP contribution in [-0.4, -0.2) is 6.54 Å². The van der Waals surface area contributed by atoms with Crippen LogP contribution in [0.1, 0.15) is 63.6 Å². The second-order valence-corrected chi connectivity index (χ2v) is 6.69. The predicted octanol–water partition coefficient (Wildman–Crippen LogP) is 5.62. The Morgan fingerprint density at radius 3 is 2.53 bits per heavy atom. The Morgan fingerprint density at radius 2 is 1.95 bits per heavy atom. The third kappa shape index (κ3) is 6.09. The van der Waals surface area contributed by atoms with Gasteiger partial charge in [0.05, 0.1) is 0 Å². The summed E-state index contributed by atoms with van der Waals surface area (Å²) in [5.74, 6) is 0.804. The molecule has 0 fully saturated rings. The van der Waals surface area contributed by atoms with Crippen molar-refractivity contribution in [3.63, 3.8) is 0 Å². The summed E-state index contributed by atoms with van der Waals surface area (Å²) in [4.78, 5) is 0. The van der Waals surface area contributed by atoms with Gasteiger partial charge < -0.3 is 5.32 Å². The molecule has 0 aliphatic carbocycles. The predicted molar refractivity (Wildman–Crippen MR) is 88.6 cm³/mol. The summed E-state index contributed by atoms with van der Waals surface area (Å²) in [5.41, 5.74) is 2.75. The highest BCUT2D eigenvalue weighted by Gasteiger charge is 2.11. The number of benzene rings is 1. The smallest absolute Gasteiger partial charge is 0.0320 e. The van der Waals surface area contributed by atoms with Crippen LogP contribution in [0.15, 0.2) is 22.7 Å². The van der Waals surface area contributed by atoms with Crippen LogP contribution in [0.3, 0.4) is 0 Å². The van der Waals surface area contributed by atoms with E-state index in [0.29, 0.717) is 6.04 Å². The second-order valence-electron chi connectivity index (χ2n) is 5.84. The number of hydrogen-bond donors (Lipinski definition) is 1. The van der Waals surface area contributed by atoms with E-state index in [0.717, 1.165) is 12.5 Å². The molecule has 1 nitrogen and oxygen atoms in total. The first-order valence-corrected chi connectivity index (χ1v) is 8.33. The zero-order chi connectivity index (χ0) is 14.3. The van der Waals surface area contributed by atoms with Crippen LogP contribution >= 0.6 is 15.9 Å². The molecule has 0 radical (unpaired) electrons. The number of rotatable bonds is 8. The molecule has 2 heteroatoms. The Balaban J connectivity index is 2.68. The van der Waals surface area contributed by atoms with Crippen LogP contribution in [0, 0.1) is 12.8 Å². The van der Waals surface area contributed by atoms with Gasteiger partial charge in [-0.3, -0.25) is 0 Å². The van der Waals surface area contributed by atoms with Crippen LogP contribution in [-0.2, 0) is 0 Å². The van der Waals surface area contributed by atoms with E-state index in [4.69, 9.17) is 0 Å². The molecule has 1 N–H and O–H groups in total. The largest absolute Gasteiger partial charge is 0.310 e. The van der Waals surface area contributed by atoms with Gasteiger partial charge in [-0.05, 0) is 49.4 Å². The maximum atomic E-state index is 3.69. The molecular weight excluding hydrogens is 298 g/mol.